The van der Waals surface area contributed by atoms with Crippen molar-refractivity contribution in [3.05, 3.63) is 0 Å². The standard InChI is InChI=1S/C12H22O2S/c1-2-5-11(6-3-1)15-10-7-12-13-8-4-9-14-12/h11-12H,1-10H2. The smallest absolute Gasteiger partial charge is 0.158 e. The highest BCUT2D eigenvalue weighted by molar-refractivity contribution is 7.99. The molecule has 0 bridgehead atoms. The number of hydrogen-bond donors (Lipinski definition) is 0. The molecule has 0 spiro atoms. The maximum absolute atomic E-state index is 5.53. The Hall–Kier alpha value is 0.270. The third kappa shape index (κ3) is 4.33. The maximum Gasteiger partial charge on any atom is 0.158 e. The summed E-state index contributed by atoms with van der Waals surface area (Å²) in [5, 5.41) is 0.919. The van der Waals surface area contributed by atoms with Gasteiger partial charge in [-0.15, -0.1) is 0 Å². The van der Waals surface area contributed by atoms with Crippen LogP contribution in [0.15, 0.2) is 0 Å². The van der Waals surface area contributed by atoms with Crippen molar-refractivity contribution in [3.63, 3.8) is 0 Å². The molecule has 1 heterocycles. The van der Waals surface area contributed by atoms with Crippen LogP contribution in [-0.4, -0.2) is 30.5 Å². The summed E-state index contributed by atoms with van der Waals surface area (Å²) in [6.07, 6.45) is 9.41. The Morgan fingerprint density at radius 3 is 2.40 bits per heavy atom. The van der Waals surface area contributed by atoms with Gasteiger partial charge in [0.1, 0.15) is 0 Å². The van der Waals surface area contributed by atoms with Gasteiger partial charge in [0.15, 0.2) is 6.29 Å². The highest BCUT2D eigenvalue weighted by atomic mass is 32.2. The molecule has 1 aliphatic heterocycles. The van der Waals surface area contributed by atoms with Crippen molar-refractivity contribution < 1.29 is 9.47 Å². The molecule has 0 radical (unpaired) electrons. The molecule has 0 unspecified atom stereocenters. The summed E-state index contributed by atoms with van der Waals surface area (Å²) >= 11 is 2.13. The van der Waals surface area contributed by atoms with Gasteiger partial charge in [0, 0.05) is 11.7 Å². The molecule has 0 amide bonds. The molecule has 0 N–H and O–H groups in total. The fourth-order valence-electron chi connectivity index (χ4n) is 2.27. The normalized spacial score (nSPS) is 25.6. The fourth-order valence-corrected chi connectivity index (χ4v) is 3.59. The number of thioether (sulfide) groups is 1. The van der Waals surface area contributed by atoms with Crippen molar-refractivity contribution in [3.8, 4) is 0 Å². The zero-order chi connectivity index (χ0) is 10.3. The lowest BCUT2D eigenvalue weighted by Crippen LogP contribution is -2.25. The van der Waals surface area contributed by atoms with E-state index in [1.165, 1.54) is 37.9 Å². The van der Waals surface area contributed by atoms with Gasteiger partial charge in [0.05, 0.1) is 13.2 Å². The van der Waals surface area contributed by atoms with Crippen LogP contribution in [-0.2, 0) is 9.47 Å². The summed E-state index contributed by atoms with van der Waals surface area (Å²) in [6.45, 7) is 1.78. The van der Waals surface area contributed by atoms with Crippen LogP contribution in [0.1, 0.15) is 44.9 Å². The minimum atomic E-state index is 0.0924. The van der Waals surface area contributed by atoms with Crippen molar-refractivity contribution in [2.45, 2.75) is 56.5 Å². The van der Waals surface area contributed by atoms with E-state index < -0.39 is 0 Å². The van der Waals surface area contributed by atoms with Gasteiger partial charge < -0.3 is 9.47 Å². The number of ether oxygens (including phenoxy) is 2. The highest BCUT2D eigenvalue weighted by Crippen LogP contribution is 2.29. The van der Waals surface area contributed by atoms with Crippen LogP contribution in [0, 0.1) is 0 Å². The second-order valence-electron chi connectivity index (χ2n) is 4.44. The van der Waals surface area contributed by atoms with Gasteiger partial charge >= 0.3 is 0 Å². The molecule has 2 rings (SSSR count). The largest absolute Gasteiger partial charge is 0.353 e. The van der Waals surface area contributed by atoms with Crippen LogP contribution in [0.4, 0.5) is 0 Å². The minimum Gasteiger partial charge on any atom is -0.353 e. The van der Waals surface area contributed by atoms with E-state index in [9.17, 15) is 0 Å². The Labute approximate surface area is 97.1 Å². The first-order valence-corrected chi connectivity index (χ1v) is 7.35. The van der Waals surface area contributed by atoms with Crippen LogP contribution in [0.25, 0.3) is 0 Å². The Bertz CT molecular complexity index is 145. The van der Waals surface area contributed by atoms with Crippen LogP contribution >= 0.6 is 11.8 Å². The summed E-state index contributed by atoms with van der Waals surface area (Å²) in [7, 11) is 0. The Morgan fingerprint density at radius 2 is 1.67 bits per heavy atom. The summed E-state index contributed by atoms with van der Waals surface area (Å²) in [4.78, 5) is 0. The van der Waals surface area contributed by atoms with Gasteiger partial charge in [-0.25, -0.2) is 0 Å². The predicted octanol–water partition coefficient (Wildman–Crippen LogP) is 3.21. The van der Waals surface area contributed by atoms with Gasteiger partial charge in [0.2, 0.25) is 0 Å². The molecule has 15 heavy (non-hydrogen) atoms. The molecule has 0 atom stereocenters. The quantitative estimate of drug-likeness (QED) is 0.739. The first-order valence-electron chi connectivity index (χ1n) is 6.30. The first kappa shape index (κ1) is 11.7. The number of hydrogen-bond acceptors (Lipinski definition) is 3. The van der Waals surface area contributed by atoms with E-state index in [1.807, 2.05) is 0 Å². The zero-order valence-electron chi connectivity index (χ0n) is 9.45. The van der Waals surface area contributed by atoms with Crippen molar-refractivity contribution >= 4 is 11.8 Å². The summed E-state index contributed by atoms with van der Waals surface area (Å²) < 4.78 is 11.1. The second-order valence-corrected chi connectivity index (χ2v) is 5.85. The molecular weight excluding hydrogens is 208 g/mol. The molecule has 2 fully saturated rings. The van der Waals surface area contributed by atoms with Crippen molar-refractivity contribution in [1.82, 2.24) is 0 Å². The van der Waals surface area contributed by atoms with E-state index in [-0.39, 0.29) is 6.29 Å². The van der Waals surface area contributed by atoms with E-state index in [2.05, 4.69) is 11.8 Å². The topological polar surface area (TPSA) is 18.5 Å². The monoisotopic (exact) mass is 230 g/mol. The summed E-state index contributed by atoms with van der Waals surface area (Å²) in [6, 6.07) is 0. The minimum absolute atomic E-state index is 0.0924. The third-order valence-corrected chi connectivity index (χ3v) is 4.57. The van der Waals surface area contributed by atoms with Gasteiger partial charge in [0.25, 0.3) is 0 Å². The Balaban J connectivity index is 1.53. The van der Waals surface area contributed by atoms with Crippen LogP contribution < -0.4 is 0 Å². The van der Waals surface area contributed by atoms with Gasteiger partial charge in [-0.05, 0) is 25.0 Å². The zero-order valence-corrected chi connectivity index (χ0v) is 10.3. The lowest BCUT2D eigenvalue weighted by atomic mass is 10.0. The molecule has 0 aromatic heterocycles. The molecule has 88 valence electrons. The van der Waals surface area contributed by atoms with Gasteiger partial charge in [-0.2, -0.15) is 11.8 Å². The fraction of sp³-hybridized carbons (Fsp3) is 1.00. The molecule has 1 aliphatic carbocycles. The van der Waals surface area contributed by atoms with Crippen molar-refractivity contribution in [1.29, 1.82) is 0 Å². The molecular formula is C12H22O2S. The van der Waals surface area contributed by atoms with Crippen LogP contribution in [0.3, 0.4) is 0 Å². The second kappa shape index (κ2) is 6.77. The summed E-state index contributed by atoms with van der Waals surface area (Å²) in [5.74, 6) is 1.20. The molecule has 2 nitrogen and oxygen atoms in total. The van der Waals surface area contributed by atoms with Crippen molar-refractivity contribution in [2.24, 2.45) is 0 Å². The predicted molar refractivity (Wildman–Crippen MR) is 64.3 cm³/mol. The summed E-state index contributed by atoms with van der Waals surface area (Å²) in [5.41, 5.74) is 0. The van der Waals surface area contributed by atoms with E-state index in [4.69, 9.17) is 9.47 Å². The maximum atomic E-state index is 5.53. The average molecular weight is 230 g/mol. The van der Waals surface area contributed by atoms with Gasteiger partial charge in [-0.3, -0.25) is 0 Å². The van der Waals surface area contributed by atoms with E-state index in [0.717, 1.165) is 31.3 Å². The van der Waals surface area contributed by atoms with E-state index in [1.54, 1.807) is 0 Å². The average Bonchev–Trinajstić information content (AvgIpc) is 2.32. The lowest BCUT2D eigenvalue weighted by Gasteiger charge is -2.25. The molecule has 2 aliphatic rings. The van der Waals surface area contributed by atoms with E-state index in [0.29, 0.717) is 0 Å². The third-order valence-electron chi connectivity index (χ3n) is 3.16. The number of rotatable bonds is 4. The van der Waals surface area contributed by atoms with E-state index >= 15 is 0 Å². The SMILES string of the molecule is C1CCC(SCCC2OCCCO2)CC1. The Kier molecular flexibility index (Phi) is 5.30. The Morgan fingerprint density at radius 1 is 0.933 bits per heavy atom. The highest BCUT2D eigenvalue weighted by Gasteiger charge is 2.17. The lowest BCUT2D eigenvalue weighted by molar-refractivity contribution is -0.178. The molecule has 1 saturated carbocycles. The molecule has 1 saturated heterocycles. The molecule has 3 heteroatoms. The molecule has 0 aromatic carbocycles. The van der Waals surface area contributed by atoms with Crippen LogP contribution in [0.5, 0.6) is 0 Å². The van der Waals surface area contributed by atoms with Crippen LogP contribution in [0.2, 0.25) is 0 Å². The molecule has 0 aromatic rings. The van der Waals surface area contributed by atoms with Gasteiger partial charge in [-0.1, -0.05) is 19.3 Å². The first-order chi connectivity index (χ1) is 7.45. The van der Waals surface area contributed by atoms with Crippen molar-refractivity contribution in [2.75, 3.05) is 19.0 Å².